The first kappa shape index (κ1) is 44.9. The Kier molecular flexibility index (Phi) is 12.0. The molecule has 4 aliphatic rings. The molecule has 344 valence electrons. The standard InChI is InChI=1S/C26H29N5O3.C26H27N5O2/c1-30-21(9-8-18(25(30)33)16-6-4-12-29-22(16)24(28)32)31-13-10-26(11-14-31)15-19-17(23(26)27)5-3-7-20(19)34-2;1-30-23(9-8-19(25(30)32)17-6-4-12-29-21(17)16-27)31-13-10-26(11-14-31)15-20-18(24(26)28)5-3-7-22(20)33-2/h3-9,12,23H,10-11,13-15,27H2,1-2H3,(H2,28,32);3-9,12,24H,10-11,13-15,28H2,1-2H3/t23-;24-/m11/s1. The maximum absolute atomic E-state index is 13.3. The molecule has 0 radical (unpaired) electrons. The molecule has 6 N–H and O–H groups in total. The van der Waals surface area contributed by atoms with E-state index in [-0.39, 0.29) is 45.4 Å². The zero-order valence-electron chi connectivity index (χ0n) is 38.4. The van der Waals surface area contributed by atoms with Gasteiger partial charge in [-0.3, -0.25) is 28.5 Å². The van der Waals surface area contributed by atoms with Crippen molar-refractivity contribution in [3.63, 3.8) is 0 Å². The molecule has 2 aliphatic carbocycles. The number of primary amides is 1. The van der Waals surface area contributed by atoms with Gasteiger partial charge in [-0.1, -0.05) is 30.3 Å². The van der Waals surface area contributed by atoms with Gasteiger partial charge in [0.1, 0.15) is 40.6 Å². The first-order valence-electron chi connectivity index (χ1n) is 22.7. The van der Waals surface area contributed by atoms with Gasteiger partial charge < -0.3 is 36.5 Å². The summed E-state index contributed by atoms with van der Waals surface area (Å²) in [5.74, 6) is 2.90. The number of nitrogens with two attached hydrogens (primary N) is 3. The van der Waals surface area contributed by atoms with Crippen molar-refractivity contribution in [3.8, 4) is 39.8 Å². The Labute approximate surface area is 389 Å². The van der Waals surface area contributed by atoms with Gasteiger partial charge in [0, 0.05) is 81.4 Å². The molecule has 2 aromatic carbocycles. The average Bonchev–Trinajstić information content (AvgIpc) is 3.79. The number of ether oxygens (including phenoxy) is 2. The number of piperidine rings is 2. The maximum Gasteiger partial charge on any atom is 0.267 e. The quantitative estimate of drug-likeness (QED) is 0.180. The number of hydrogen-bond donors (Lipinski definition) is 3. The minimum Gasteiger partial charge on any atom is -0.496 e. The number of aromatic nitrogens is 4. The van der Waals surface area contributed by atoms with Gasteiger partial charge in [0.15, 0.2) is 0 Å². The van der Waals surface area contributed by atoms with E-state index in [1.165, 1.54) is 28.5 Å². The van der Waals surface area contributed by atoms with E-state index in [1.54, 1.807) is 74.0 Å². The van der Waals surface area contributed by atoms with Crippen molar-refractivity contribution < 1.29 is 14.3 Å². The van der Waals surface area contributed by atoms with Gasteiger partial charge in [-0.15, -0.1) is 0 Å². The molecule has 6 aromatic rings. The molecule has 2 spiro atoms. The predicted molar refractivity (Wildman–Crippen MR) is 258 cm³/mol. The molecule has 1 amide bonds. The molecule has 0 saturated carbocycles. The molecular formula is C52H56N10O5. The number of anilines is 2. The molecule has 2 saturated heterocycles. The third-order valence-electron chi connectivity index (χ3n) is 15.1. The van der Waals surface area contributed by atoms with Crippen molar-refractivity contribution in [2.45, 2.75) is 50.6 Å². The fraction of sp³-hybridized carbons (Fsp3) is 0.346. The highest BCUT2D eigenvalue weighted by molar-refractivity contribution is 5.97. The predicted octanol–water partition coefficient (Wildman–Crippen LogP) is 5.57. The van der Waals surface area contributed by atoms with E-state index in [4.69, 9.17) is 26.7 Å². The number of rotatable bonds is 7. The minimum absolute atomic E-state index is 0.00162. The largest absolute Gasteiger partial charge is 0.496 e. The first-order valence-corrected chi connectivity index (χ1v) is 22.7. The van der Waals surface area contributed by atoms with Crippen LogP contribution in [0.4, 0.5) is 11.6 Å². The lowest BCUT2D eigenvalue weighted by Crippen LogP contribution is -2.45. The molecule has 2 fully saturated rings. The van der Waals surface area contributed by atoms with Crippen LogP contribution in [0.5, 0.6) is 11.5 Å². The molecule has 0 bridgehead atoms. The maximum atomic E-state index is 13.3. The van der Waals surface area contributed by atoms with Gasteiger partial charge in [0.2, 0.25) is 0 Å². The summed E-state index contributed by atoms with van der Waals surface area (Å²) in [5.41, 5.74) is 25.8. The fourth-order valence-electron chi connectivity index (χ4n) is 11.3. The lowest BCUT2D eigenvalue weighted by molar-refractivity contribution is 0.0996. The van der Waals surface area contributed by atoms with Crippen LogP contribution in [-0.4, -0.2) is 65.4 Å². The number of nitrogens with zero attached hydrogens (tertiary/aromatic N) is 7. The number of hydrogen-bond acceptors (Lipinski definition) is 12. The topological polar surface area (TPSA) is 214 Å². The first-order chi connectivity index (χ1) is 32.3. The van der Waals surface area contributed by atoms with Crippen molar-refractivity contribution in [2.75, 3.05) is 50.2 Å². The van der Waals surface area contributed by atoms with E-state index in [1.807, 2.05) is 42.5 Å². The van der Waals surface area contributed by atoms with E-state index in [9.17, 15) is 19.6 Å². The van der Waals surface area contributed by atoms with Gasteiger partial charge in [0.25, 0.3) is 17.0 Å². The summed E-state index contributed by atoms with van der Waals surface area (Å²) in [6.45, 7) is 3.26. The zero-order valence-corrected chi connectivity index (χ0v) is 38.4. The summed E-state index contributed by atoms with van der Waals surface area (Å²) >= 11 is 0. The summed E-state index contributed by atoms with van der Waals surface area (Å²) < 4.78 is 14.5. The van der Waals surface area contributed by atoms with Crippen LogP contribution in [-0.2, 0) is 26.9 Å². The van der Waals surface area contributed by atoms with Gasteiger partial charge in [-0.25, -0.2) is 4.98 Å². The van der Waals surface area contributed by atoms with Gasteiger partial charge in [-0.2, -0.15) is 5.26 Å². The van der Waals surface area contributed by atoms with Crippen LogP contribution in [0.1, 0.15) is 76.2 Å². The van der Waals surface area contributed by atoms with Crippen LogP contribution in [0.25, 0.3) is 22.3 Å². The van der Waals surface area contributed by atoms with Crippen molar-refractivity contribution in [1.82, 2.24) is 19.1 Å². The zero-order chi connectivity index (χ0) is 47.2. The lowest BCUT2D eigenvalue weighted by Gasteiger charge is -2.43. The third-order valence-corrected chi connectivity index (χ3v) is 15.1. The highest BCUT2D eigenvalue weighted by atomic mass is 16.5. The van der Waals surface area contributed by atoms with Gasteiger partial charge >= 0.3 is 0 Å². The Morgan fingerprint density at radius 1 is 0.642 bits per heavy atom. The van der Waals surface area contributed by atoms with E-state index in [0.717, 1.165) is 87.8 Å². The smallest absolute Gasteiger partial charge is 0.267 e. The second-order valence-corrected chi connectivity index (χ2v) is 18.3. The Morgan fingerprint density at radius 3 is 1.54 bits per heavy atom. The second-order valence-electron chi connectivity index (χ2n) is 18.3. The van der Waals surface area contributed by atoms with Crippen molar-refractivity contribution in [3.05, 3.63) is 152 Å². The number of fused-ring (bicyclic) bond motifs is 2. The number of benzene rings is 2. The van der Waals surface area contributed by atoms with Crippen molar-refractivity contribution in [2.24, 2.45) is 42.1 Å². The van der Waals surface area contributed by atoms with Crippen LogP contribution < -0.4 is 47.6 Å². The van der Waals surface area contributed by atoms with Crippen LogP contribution in [0.2, 0.25) is 0 Å². The molecule has 10 rings (SSSR count). The van der Waals surface area contributed by atoms with E-state index in [0.29, 0.717) is 22.3 Å². The molecule has 15 nitrogen and oxygen atoms in total. The normalized spacial score (nSPS) is 18.7. The molecule has 6 heterocycles. The Bertz CT molecular complexity index is 3050. The highest BCUT2D eigenvalue weighted by Gasteiger charge is 2.48. The van der Waals surface area contributed by atoms with E-state index < -0.39 is 5.91 Å². The number of methoxy groups -OCH3 is 2. The summed E-state index contributed by atoms with van der Waals surface area (Å²) in [4.78, 5) is 50.9. The van der Waals surface area contributed by atoms with Crippen LogP contribution in [0.3, 0.4) is 0 Å². The van der Waals surface area contributed by atoms with Crippen LogP contribution in [0.15, 0.2) is 107 Å². The second kappa shape index (κ2) is 17.8. The van der Waals surface area contributed by atoms with E-state index >= 15 is 0 Å². The van der Waals surface area contributed by atoms with Gasteiger partial charge in [0.05, 0.1) is 19.8 Å². The number of pyridine rings is 4. The van der Waals surface area contributed by atoms with Crippen molar-refractivity contribution >= 4 is 17.5 Å². The lowest BCUT2D eigenvalue weighted by atomic mass is 9.73. The van der Waals surface area contributed by atoms with Crippen LogP contribution >= 0.6 is 0 Å². The number of amides is 1. The van der Waals surface area contributed by atoms with Gasteiger partial charge in [-0.05, 0) is 126 Å². The van der Waals surface area contributed by atoms with Crippen molar-refractivity contribution in [1.29, 1.82) is 5.26 Å². The molecule has 2 atom stereocenters. The molecule has 67 heavy (non-hydrogen) atoms. The monoisotopic (exact) mass is 900 g/mol. The SMILES string of the molecule is COc1cccc2c1CC1(CCN(c3ccc(-c4cccnc4C#N)c(=O)n3C)CC1)[C@@H]2N.COc1cccc2c1CC1(CCN(c3ccc(-c4cccnc4C(N)=O)c(=O)n3C)CC1)[C@@H]2N. The molecule has 4 aromatic heterocycles. The fourth-order valence-corrected chi connectivity index (χ4v) is 11.3. The third kappa shape index (κ3) is 7.69. The summed E-state index contributed by atoms with van der Waals surface area (Å²) in [5, 5.41) is 9.37. The van der Waals surface area contributed by atoms with Crippen LogP contribution in [0, 0.1) is 22.2 Å². The average molecular weight is 901 g/mol. The number of carbonyl (C=O) groups is 1. The highest BCUT2D eigenvalue weighted by Crippen LogP contribution is 2.54. The Morgan fingerprint density at radius 2 is 1.09 bits per heavy atom. The Hall–Kier alpha value is -7.28. The summed E-state index contributed by atoms with van der Waals surface area (Å²) in [7, 11) is 6.96. The molecule has 2 aliphatic heterocycles. The van der Waals surface area contributed by atoms with E-state index in [2.05, 4.69) is 38.0 Å². The Balaban J connectivity index is 0.000000168. The summed E-state index contributed by atoms with van der Waals surface area (Å²) in [6, 6.07) is 28.7. The number of carbonyl (C=O) groups excluding carboxylic acids is 1. The number of nitriles is 1. The molecule has 15 heteroatoms. The molecular weight excluding hydrogens is 845 g/mol. The molecule has 0 unspecified atom stereocenters. The minimum atomic E-state index is -0.659. The summed E-state index contributed by atoms with van der Waals surface area (Å²) in [6.07, 6.45) is 8.64.